The smallest absolute Gasteiger partial charge is 0.267 e. The fraction of sp³-hybridized carbons (Fsp3) is 0.167. The third-order valence-electron chi connectivity index (χ3n) is 4.97. The molecule has 0 bridgehead atoms. The molecule has 1 aromatic heterocycles. The molecule has 8 heteroatoms. The van der Waals surface area contributed by atoms with Crippen LogP contribution in [0, 0.1) is 5.82 Å². The molecule has 1 N–H and O–H groups in total. The van der Waals surface area contributed by atoms with Crippen molar-refractivity contribution in [1.29, 1.82) is 0 Å². The molecular weight excluding hydrogens is 411 g/mol. The first-order valence-corrected chi connectivity index (χ1v) is 10.1. The molecule has 2 aromatic carbocycles. The van der Waals surface area contributed by atoms with Gasteiger partial charge in [0.1, 0.15) is 17.5 Å². The van der Waals surface area contributed by atoms with Crippen molar-refractivity contribution in [2.45, 2.75) is 25.9 Å². The van der Waals surface area contributed by atoms with E-state index in [0.717, 1.165) is 5.69 Å². The minimum atomic E-state index is -0.550. The monoisotopic (exact) mass is 432 g/mol. The molecule has 0 fully saturated rings. The topological polar surface area (TPSA) is 83.9 Å². The number of hydrogen-bond acceptors (Lipinski definition) is 6. The third-order valence-corrected chi connectivity index (χ3v) is 4.97. The Labute approximate surface area is 184 Å². The van der Waals surface area contributed by atoms with E-state index in [1.165, 1.54) is 25.3 Å². The Hall–Kier alpha value is -4.07. The molecule has 1 aliphatic heterocycles. The summed E-state index contributed by atoms with van der Waals surface area (Å²) in [6, 6.07) is 16.5. The maximum Gasteiger partial charge on any atom is 0.267 e. The van der Waals surface area contributed by atoms with Gasteiger partial charge in [0.25, 0.3) is 5.91 Å². The lowest BCUT2D eigenvalue weighted by atomic mass is 10.1. The minimum Gasteiger partial charge on any atom is -0.453 e. The summed E-state index contributed by atoms with van der Waals surface area (Å²) in [5, 5.41) is 8.68. The van der Waals surface area contributed by atoms with E-state index in [9.17, 15) is 14.0 Å². The Morgan fingerprint density at radius 1 is 1.16 bits per heavy atom. The standard InChI is InChI=1S/C24H21FN4O3/c1-16(30)22-13-21(28-29(22)18-6-3-2-4-7-18)24(31)27-14-17-9-10-23(20(25)12-17)32-19-8-5-11-26-15-19/h2-12,15,22H,13-14H2,1H3,(H,27,31). The van der Waals surface area contributed by atoms with E-state index in [-0.39, 0.29) is 30.2 Å². The van der Waals surface area contributed by atoms with Crippen LogP contribution in [0.3, 0.4) is 0 Å². The van der Waals surface area contributed by atoms with Crippen molar-refractivity contribution in [3.63, 3.8) is 0 Å². The van der Waals surface area contributed by atoms with Gasteiger partial charge in [0.15, 0.2) is 17.3 Å². The van der Waals surface area contributed by atoms with Crippen molar-refractivity contribution in [2.24, 2.45) is 5.10 Å². The molecule has 2 heterocycles. The molecule has 32 heavy (non-hydrogen) atoms. The zero-order valence-corrected chi connectivity index (χ0v) is 17.4. The number of ether oxygens (including phenoxy) is 1. The highest BCUT2D eigenvalue weighted by molar-refractivity contribution is 6.40. The molecule has 1 atom stereocenters. The van der Waals surface area contributed by atoms with Crippen molar-refractivity contribution < 1.29 is 18.7 Å². The van der Waals surface area contributed by atoms with Crippen LogP contribution in [0.1, 0.15) is 18.9 Å². The molecule has 1 amide bonds. The normalized spacial score (nSPS) is 15.2. The van der Waals surface area contributed by atoms with Crippen LogP contribution in [0.5, 0.6) is 11.5 Å². The average Bonchev–Trinajstić information content (AvgIpc) is 3.26. The number of anilines is 1. The first-order chi connectivity index (χ1) is 15.5. The SMILES string of the molecule is CC(=O)C1CC(C(=O)NCc2ccc(Oc3cccnc3)c(F)c2)=NN1c1ccccc1. The highest BCUT2D eigenvalue weighted by Crippen LogP contribution is 2.26. The first kappa shape index (κ1) is 21.2. The van der Waals surface area contributed by atoms with Crippen LogP contribution in [-0.2, 0) is 16.1 Å². The summed E-state index contributed by atoms with van der Waals surface area (Å²) in [4.78, 5) is 28.6. The maximum absolute atomic E-state index is 14.4. The molecule has 7 nitrogen and oxygen atoms in total. The lowest BCUT2D eigenvalue weighted by molar-refractivity contribution is -0.118. The first-order valence-electron chi connectivity index (χ1n) is 10.1. The number of carbonyl (C=O) groups excluding carboxylic acids is 2. The fourth-order valence-electron chi connectivity index (χ4n) is 3.34. The number of benzene rings is 2. The number of nitrogens with one attached hydrogen (secondary N) is 1. The second-order valence-electron chi connectivity index (χ2n) is 7.30. The van der Waals surface area contributed by atoms with E-state index >= 15 is 0 Å². The second kappa shape index (κ2) is 9.38. The van der Waals surface area contributed by atoms with Crippen LogP contribution >= 0.6 is 0 Å². The number of Topliss-reactive ketones (excluding diaryl/α,β-unsaturated/α-hetero) is 1. The van der Waals surface area contributed by atoms with Crippen LogP contribution in [0.15, 0.2) is 78.2 Å². The number of rotatable bonds is 7. The number of para-hydroxylation sites is 1. The minimum absolute atomic E-state index is 0.0658. The van der Waals surface area contributed by atoms with Crippen LogP contribution in [-0.4, -0.2) is 28.4 Å². The van der Waals surface area contributed by atoms with E-state index in [1.54, 1.807) is 29.4 Å². The number of hydrogen-bond donors (Lipinski definition) is 1. The van der Waals surface area contributed by atoms with Crippen molar-refractivity contribution >= 4 is 23.1 Å². The lowest BCUT2D eigenvalue weighted by Crippen LogP contribution is -2.34. The summed E-state index contributed by atoms with van der Waals surface area (Å²) >= 11 is 0. The predicted molar refractivity (Wildman–Crippen MR) is 118 cm³/mol. The van der Waals surface area contributed by atoms with Gasteiger partial charge in [-0.05, 0) is 48.9 Å². The van der Waals surface area contributed by atoms with Crippen molar-refractivity contribution in [3.05, 3.63) is 84.4 Å². The number of halogens is 1. The zero-order chi connectivity index (χ0) is 22.5. The van der Waals surface area contributed by atoms with Gasteiger partial charge in [0.2, 0.25) is 0 Å². The summed E-state index contributed by atoms with van der Waals surface area (Å²) < 4.78 is 19.9. The highest BCUT2D eigenvalue weighted by atomic mass is 19.1. The number of hydrazone groups is 1. The Morgan fingerprint density at radius 2 is 1.97 bits per heavy atom. The Kier molecular flexibility index (Phi) is 6.21. The molecule has 3 aromatic rings. The van der Waals surface area contributed by atoms with Crippen LogP contribution in [0.25, 0.3) is 0 Å². The van der Waals surface area contributed by atoms with Crippen molar-refractivity contribution in [2.75, 3.05) is 5.01 Å². The highest BCUT2D eigenvalue weighted by Gasteiger charge is 2.34. The Bertz CT molecular complexity index is 1150. The number of amides is 1. The van der Waals surface area contributed by atoms with Gasteiger partial charge < -0.3 is 10.1 Å². The van der Waals surface area contributed by atoms with Crippen LogP contribution in [0.4, 0.5) is 10.1 Å². The number of carbonyl (C=O) groups is 2. The van der Waals surface area contributed by atoms with E-state index in [0.29, 0.717) is 11.3 Å². The summed E-state index contributed by atoms with van der Waals surface area (Å²) in [6.07, 6.45) is 3.30. The number of pyridine rings is 1. The number of aromatic nitrogens is 1. The zero-order valence-electron chi connectivity index (χ0n) is 17.4. The van der Waals surface area contributed by atoms with E-state index in [1.807, 2.05) is 30.3 Å². The maximum atomic E-state index is 14.4. The summed E-state index contributed by atoms with van der Waals surface area (Å²) in [5.41, 5.74) is 1.56. The lowest BCUT2D eigenvalue weighted by Gasteiger charge is -2.20. The predicted octanol–water partition coefficient (Wildman–Crippen LogP) is 3.85. The fourth-order valence-corrected chi connectivity index (χ4v) is 3.34. The van der Waals surface area contributed by atoms with Gasteiger partial charge in [-0.25, -0.2) is 4.39 Å². The van der Waals surface area contributed by atoms with Gasteiger partial charge in [-0.2, -0.15) is 5.10 Å². The Balaban J connectivity index is 1.41. The van der Waals surface area contributed by atoms with E-state index in [4.69, 9.17) is 4.74 Å². The molecule has 0 radical (unpaired) electrons. The van der Waals surface area contributed by atoms with Gasteiger partial charge in [-0.1, -0.05) is 24.3 Å². The molecule has 1 unspecified atom stereocenters. The van der Waals surface area contributed by atoms with E-state index < -0.39 is 17.8 Å². The van der Waals surface area contributed by atoms with Crippen LogP contribution in [0.2, 0.25) is 0 Å². The van der Waals surface area contributed by atoms with Gasteiger partial charge in [0, 0.05) is 19.2 Å². The summed E-state index contributed by atoms with van der Waals surface area (Å²) in [7, 11) is 0. The van der Waals surface area contributed by atoms with Crippen LogP contribution < -0.4 is 15.1 Å². The van der Waals surface area contributed by atoms with Crippen molar-refractivity contribution in [3.8, 4) is 11.5 Å². The second-order valence-corrected chi connectivity index (χ2v) is 7.30. The van der Waals surface area contributed by atoms with Gasteiger partial charge in [-0.15, -0.1) is 0 Å². The Morgan fingerprint density at radius 3 is 2.66 bits per heavy atom. The average molecular weight is 432 g/mol. The third kappa shape index (κ3) is 4.80. The molecule has 0 saturated carbocycles. The molecule has 0 spiro atoms. The molecule has 0 aliphatic carbocycles. The molecular formula is C24H21FN4O3. The molecule has 1 aliphatic rings. The van der Waals surface area contributed by atoms with Crippen molar-refractivity contribution in [1.82, 2.24) is 10.3 Å². The quantitative estimate of drug-likeness (QED) is 0.613. The van der Waals surface area contributed by atoms with Gasteiger partial charge in [-0.3, -0.25) is 19.6 Å². The number of ketones is 1. The van der Waals surface area contributed by atoms with Gasteiger partial charge >= 0.3 is 0 Å². The molecule has 162 valence electrons. The number of nitrogens with zero attached hydrogens (tertiary/aromatic N) is 3. The summed E-state index contributed by atoms with van der Waals surface area (Å²) in [5.74, 6) is -0.533. The van der Waals surface area contributed by atoms with E-state index in [2.05, 4.69) is 15.4 Å². The molecule has 4 rings (SSSR count). The largest absolute Gasteiger partial charge is 0.453 e. The summed E-state index contributed by atoms with van der Waals surface area (Å²) in [6.45, 7) is 1.59. The van der Waals surface area contributed by atoms with Gasteiger partial charge in [0.05, 0.1) is 11.9 Å². The molecule has 0 saturated heterocycles.